The highest BCUT2D eigenvalue weighted by Crippen LogP contribution is 2.14. The zero-order valence-electron chi connectivity index (χ0n) is 22.7. The lowest BCUT2D eigenvalue weighted by atomic mass is 10.0. The second-order valence-corrected chi connectivity index (χ2v) is 10.5. The maximum absolute atomic E-state index is 6.22. The van der Waals surface area contributed by atoms with Gasteiger partial charge in [0.2, 0.25) is 0 Å². The molecule has 194 valence electrons. The molecular formula is C30H64N2. The molecule has 0 aromatic heterocycles. The summed E-state index contributed by atoms with van der Waals surface area (Å²) in [7, 11) is 0. The van der Waals surface area contributed by atoms with Gasteiger partial charge in [0.05, 0.1) is 6.17 Å². The first-order valence-corrected chi connectivity index (χ1v) is 15.3. The van der Waals surface area contributed by atoms with Gasteiger partial charge >= 0.3 is 0 Å². The Hall–Kier alpha value is -0.0800. The van der Waals surface area contributed by atoms with Gasteiger partial charge < -0.3 is 11.1 Å². The van der Waals surface area contributed by atoms with Crippen LogP contribution in [0.25, 0.3) is 0 Å². The normalized spacial score (nSPS) is 12.5. The topological polar surface area (TPSA) is 38.0 Å². The quantitative estimate of drug-likeness (QED) is 0.0915. The molecule has 0 aromatic rings. The molecule has 2 nitrogen and oxygen atoms in total. The maximum Gasteiger partial charge on any atom is 0.0546 e. The van der Waals surface area contributed by atoms with Gasteiger partial charge in [-0.25, -0.2) is 0 Å². The van der Waals surface area contributed by atoms with Crippen LogP contribution in [-0.2, 0) is 0 Å². The van der Waals surface area contributed by atoms with Crippen LogP contribution in [0.15, 0.2) is 0 Å². The van der Waals surface area contributed by atoms with Crippen LogP contribution >= 0.6 is 0 Å². The Balaban J connectivity index is 3.11. The summed E-state index contributed by atoms with van der Waals surface area (Å²) in [5.41, 5.74) is 6.22. The molecule has 0 radical (unpaired) electrons. The summed E-state index contributed by atoms with van der Waals surface area (Å²) in [6, 6.07) is 0. The summed E-state index contributed by atoms with van der Waals surface area (Å²) in [6.07, 6.45) is 36.9. The van der Waals surface area contributed by atoms with Gasteiger partial charge in [0.15, 0.2) is 0 Å². The van der Waals surface area contributed by atoms with E-state index < -0.39 is 0 Å². The molecule has 1 atom stereocenters. The number of nitrogens with two attached hydrogens (primary N) is 1. The molecule has 0 heterocycles. The Morgan fingerprint density at radius 1 is 0.406 bits per heavy atom. The second-order valence-electron chi connectivity index (χ2n) is 10.5. The molecule has 1 unspecified atom stereocenters. The third-order valence-corrected chi connectivity index (χ3v) is 7.06. The van der Waals surface area contributed by atoms with E-state index >= 15 is 0 Å². The maximum atomic E-state index is 6.22. The van der Waals surface area contributed by atoms with Crippen LogP contribution in [-0.4, -0.2) is 12.7 Å². The highest BCUT2D eigenvalue weighted by Gasteiger charge is 2.01. The van der Waals surface area contributed by atoms with Crippen LogP contribution in [0.1, 0.15) is 181 Å². The van der Waals surface area contributed by atoms with Crippen molar-refractivity contribution in [3.63, 3.8) is 0 Å². The van der Waals surface area contributed by atoms with Gasteiger partial charge in [-0.05, 0) is 19.4 Å². The summed E-state index contributed by atoms with van der Waals surface area (Å²) in [5, 5.41) is 3.54. The molecular weight excluding hydrogens is 388 g/mol. The highest BCUT2D eigenvalue weighted by molar-refractivity contribution is 4.60. The summed E-state index contributed by atoms with van der Waals surface area (Å²) >= 11 is 0. The van der Waals surface area contributed by atoms with Crippen LogP contribution in [0, 0.1) is 0 Å². The average Bonchev–Trinajstić information content (AvgIpc) is 2.80. The lowest BCUT2D eigenvalue weighted by molar-refractivity contribution is 0.450. The van der Waals surface area contributed by atoms with Gasteiger partial charge in [0, 0.05) is 0 Å². The standard InChI is InChI=1S/C30H64N2/c1-3-5-7-9-11-13-14-15-16-17-18-19-21-23-25-27-29-32-30(31)28-26-24-22-20-12-10-8-6-4-2/h30,32H,3-29,31H2,1-2H3. The molecule has 0 saturated carbocycles. The van der Waals surface area contributed by atoms with Gasteiger partial charge in [-0.2, -0.15) is 0 Å². The van der Waals surface area contributed by atoms with Crippen LogP contribution in [0.5, 0.6) is 0 Å². The third-order valence-electron chi connectivity index (χ3n) is 7.06. The molecule has 0 amide bonds. The Morgan fingerprint density at radius 3 is 1.03 bits per heavy atom. The van der Waals surface area contributed by atoms with E-state index in [1.807, 2.05) is 0 Å². The Kier molecular flexibility index (Phi) is 28.9. The minimum Gasteiger partial charge on any atom is -0.316 e. The smallest absolute Gasteiger partial charge is 0.0546 e. The van der Waals surface area contributed by atoms with Gasteiger partial charge in [-0.1, -0.05) is 168 Å². The van der Waals surface area contributed by atoms with E-state index in [0.717, 1.165) is 13.0 Å². The summed E-state index contributed by atoms with van der Waals surface area (Å²) in [4.78, 5) is 0. The van der Waals surface area contributed by atoms with E-state index in [4.69, 9.17) is 5.73 Å². The fourth-order valence-electron chi connectivity index (χ4n) is 4.74. The second kappa shape index (κ2) is 29.0. The first-order chi connectivity index (χ1) is 15.8. The van der Waals surface area contributed by atoms with E-state index in [-0.39, 0.29) is 6.17 Å². The van der Waals surface area contributed by atoms with E-state index in [1.165, 1.54) is 161 Å². The lowest BCUT2D eigenvalue weighted by Gasteiger charge is -2.13. The third kappa shape index (κ3) is 28.0. The molecule has 0 aliphatic heterocycles. The molecule has 0 aliphatic carbocycles. The van der Waals surface area contributed by atoms with E-state index in [0.29, 0.717) is 0 Å². The van der Waals surface area contributed by atoms with Crippen molar-refractivity contribution in [1.82, 2.24) is 5.32 Å². The summed E-state index contributed by atoms with van der Waals surface area (Å²) in [5.74, 6) is 0. The van der Waals surface area contributed by atoms with E-state index in [1.54, 1.807) is 0 Å². The minimum absolute atomic E-state index is 0.218. The van der Waals surface area contributed by atoms with Crippen molar-refractivity contribution >= 4 is 0 Å². The molecule has 0 spiro atoms. The monoisotopic (exact) mass is 453 g/mol. The van der Waals surface area contributed by atoms with Crippen molar-refractivity contribution in [2.45, 2.75) is 187 Å². The fourth-order valence-corrected chi connectivity index (χ4v) is 4.74. The molecule has 32 heavy (non-hydrogen) atoms. The molecule has 0 aromatic carbocycles. The van der Waals surface area contributed by atoms with Gasteiger partial charge in [-0.15, -0.1) is 0 Å². The van der Waals surface area contributed by atoms with Gasteiger partial charge in [0.1, 0.15) is 0 Å². The number of unbranched alkanes of at least 4 members (excludes halogenated alkanes) is 23. The van der Waals surface area contributed by atoms with Crippen LogP contribution in [0.4, 0.5) is 0 Å². The van der Waals surface area contributed by atoms with Crippen molar-refractivity contribution in [3.05, 3.63) is 0 Å². The van der Waals surface area contributed by atoms with E-state index in [2.05, 4.69) is 19.2 Å². The Morgan fingerprint density at radius 2 is 0.688 bits per heavy atom. The SMILES string of the molecule is CCCCCCCCCCCCCCCCCCNC(N)CCCCCCCCCCC. The number of rotatable bonds is 28. The van der Waals surface area contributed by atoms with Crippen molar-refractivity contribution < 1.29 is 0 Å². The van der Waals surface area contributed by atoms with E-state index in [9.17, 15) is 0 Å². The number of hydrogen-bond acceptors (Lipinski definition) is 2. The molecule has 0 saturated heterocycles. The largest absolute Gasteiger partial charge is 0.316 e. The molecule has 0 rings (SSSR count). The molecule has 0 fully saturated rings. The number of hydrogen-bond donors (Lipinski definition) is 2. The van der Waals surface area contributed by atoms with Gasteiger partial charge in [0.25, 0.3) is 0 Å². The molecule has 0 bridgehead atoms. The highest BCUT2D eigenvalue weighted by atomic mass is 15.0. The minimum atomic E-state index is 0.218. The molecule has 0 aliphatic rings. The zero-order valence-corrected chi connectivity index (χ0v) is 22.7. The summed E-state index contributed by atoms with van der Waals surface area (Å²) < 4.78 is 0. The Bertz CT molecular complexity index is 318. The van der Waals surface area contributed by atoms with Gasteiger partial charge in [-0.3, -0.25) is 0 Å². The van der Waals surface area contributed by atoms with Crippen molar-refractivity contribution in [2.75, 3.05) is 6.54 Å². The lowest BCUT2D eigenvalue weighted by Crippen LogP contribution is -2.37. The molecule has 3 N–H and O–H groups in total. The fraction of sp³-hybridized carbons (Fsp3) is 1.00. The zero-order chi connectivity index (χ0) is 23.4. The first kappa shape index (κ1) is 31.9. The summed E-state index contributed by atoms with van der Waals surface area (Å²) in [6.45, 7) is 5.70. The number of nitrogens with one attached hydrogen (secondary N) is 1. The van der Waals surface area contributed by atoms with Crippen LogP contribution in [0.3, 0.4) is 0 Å². The van der Waals surface area contributed by atoms with Crippen molar-refractivity contribution in [3.8, 4) is 0 Å². The molecule has 2 heteroatoms. The first-order valence-electron chi connectivity index (χ1n) is 15.3. The Labute approximate surface area is 204 Å². The average molecular weight is 453 g/mol. The van der Waals surface area contributed by atoms with Crippen LogP contribution in [0.2, 0.25) is 0 Å². The van der Waals surface area contributed by atoms with Crippen molar-refractivity contribution in [1.29, 1.82) is 0 Å². The van der Waals surface area contributed by atoms with Crippen LogP contribution < -0.4 is 11.1 Å². The predicted octanol–water partition coefficient (Wildman–Crippen LogP) is 10.0. The van der Waals surface area contributed by atoms with Crippen molar-refractivity contribution in [2.24, 2.45) is 5.73 Å². The predicted molar refractivity (Wildman–Crippen MR) is 147 cm³/mol.